The molecule has 214 valence electrons. The van der Waals surface area contributed by atoms with Crippen LogP contribution in [0.2, 0.25) is 0 Å². The Kier molecular flexibility index (Phi) is 12.3. The number of nitrogens with one attached hydrogen (secondary N) is 2. The molecule has 2 aromatic carbocycles. The molecule has 0 saturated heterocycles. The summed E-state index contributed by atoms with van der Waals surface area (Å²) in [6.45, 7) is 12.0. The summed E-state index contributed by atoms with van der Waals surface area (Å²) >= 11 is 0. The monoisotopic (exact) mass is 539 g/mol. The van der Waals surface area contributed by atoms with Gasteiger partial charge in [0.1, 0.15) is 23.4 Å². The fourth-order valence-corrected chi connectivity index (χ4v) is 4.25. The molecule has 0 heterocycles. The molecule has 2 rings (SSSR count). The Labute approximate surface area is 233 Å². The zero-order valence-corrected chi connectivity index (χ0v) is 24.2. The van der Waals surface area contributed by atoms with Gasteiger partial charge in [0, 0.05) is 13.1 Å². The lowest BCUT2D eigenvalue weighted by molar-refractivity contribution is -0.143. The first-order chi connectivity index (χ1) is 18.4. The lowest BCUT2D eigenvalue weighted by atomic mass is 9.98. The lowest BCUT2D eigenvalue weighted by Crippen LogP contribution is -2.53. The molecule has 2 atom stereocenters. The number of hydrogen-bond donors (Lipinski definition) is 3. The van der Waals surface area contributed by atoms with Gasteiger partial charge in [-0.1, -0.05) is 76.1 Å². The van der Waals surface area contributed by atoms with E-state index in [0.717, 1.165) is 18.4 Å². The van der Waals surface area contributed by atoms with Crippen LogP contribution >= 0.6 is 0 Å². The average molecular weight is 540 g/mol. The zero-order chi connectivity index (χ0) is 29.0. The molecule has 0 saturated carbocycles. The zero-order valence-electron chi connectivity index (χ0n) is 24.2. The van der Waals surface area contributed by atoms with Crippen molar-refractivity contribution in [3.8, 4) is 5.75 Å². The highest BCUT2D eigenvalue weighted by Crippen LogP contribution is 2.26. The molecular formula is C31H45N3O5. The van der Waals surface area contributed by atoms with Crippen molar-refractivity contribution in [3.63, 3.8) is 0 Å². The van der Waals surface area contributed by atoms with E-state index < -0.39 is 23.8 Å². The number of hydrogen-bond acceptors (Lipinski definition) is 5. The fourth-order valence-electron chi connectivity index (χ4n) is 4.25. The average Bonchev–Trinajstić information content (AvgIpc) is 2.86. The van der Waals surface area contributed by atoms with Crippen LogP contribution in [0.4, 0.5) is 4.79 Å². The molecule has 8 heteroatoms. The molecule has 0 bridgehead atoms. The Morgan fingerprint density at radius 2 is 1.62 bits per heavy atom. The molecule has 0 aromatic heterocycles. The van der Waals surface area contributed by atoms with Gasteiger partial charge in [-0.15, -0.1) is 0 Å². The quantitative estimate of drug-likeness (QED) is 0.283. The summed E-state index contributed by atoms with van der Waals surface area (Å²) in [6.07, 6.45) is 2.23. The van der Waals surface area contributed by atoms with Crippen molar-refractivity contribution in [1.82, 2.24) is 15.5 Å². The minimum Gasteiger partial charge on any atom is -0.508 e. The molecule has 0 spiro atoms. The van der Waals surface area contributed by atoms with Gasteiger partial charge in [-0.05, 0) is 62.8 Å². The van der Waals surface area contributed by atoms with Gasteiger partial charge in [0.2, 0.25) is 11.8 Å². The van der Waals surface area contributed by atoms with Gasteiger partial charge in [-0.25, -0.2) is 4.79 Å². The Balaban J connectivity index is 2.45. The third-order valence-electron chi connectivity index (χ3n) is 6.06. The number of ether oxygens (including phenoxy) is 1. The van der Waals surface area contributed by atoms with Gasteiger partial charge in [0.15, 0.2) is 0 Å². The predicted octanol–water partition coefficient (Wildman–Crippen LogP) is 5.71. The third kappa shape index (κ3) is 11.0. The topological polar surface area (TPSA) is 108 Å². The number of unbranched alkanes of at least 4 members (excludes halogenated alkanes) is 2. The number of rotatable bonds is 13. The summed E-state index contributed by atoms with van der Waals surface area (Å²) < 4.78 is 5.44. The van der Waals surface area contributed by atoms with Gasteiger partial charge < -0.3 is 25.4 Å². The van der Waals surface area contributed by atoms with E-state index in [4.69, 9.17) is 4.74 Å². The van der Waals surface area contributed by atoms with Crippen LogP contribution in [0.15, 0.2) is 54.6 Å². The Morgan fingerprint density at radius 3 is 2.18 bits per heavy atom. The van der Waals surface area contributed by atoms with Crippen molar-refractivity contribution >= 4 is 17.9 Å². The van der Waals surface area contributed by atoms with Crippen LogP contribution in [0.1, 0.15) is 84.4 Å². The smallest absolute Gasteiger partial charge is 0.408 e. The van der Waals surface area contributed by atoms with E-state index in [1.54, 1.807) is 37.8 Å². The molecule has 8 nitrogen and oxygen atoms in total. The third-order valence-corrected chi connectivity index (χ3v) is 6.06. The van der Waals surface area contributed by atoms with E-state index in [1.165, 1.54) is 12.1 Å². The second-order valence-corrected chi connectivity index (χ2v) is 11.3. The van der Waals surface area contributed by atoms with Gasteiger partial charge in [-0.2, -0.15) is 0 Å². The summed E-state index contributed by atoms with van der Waals surface area (Å²) in [5.41, 5.74) is 0.787. The van der Waals surface area contributed by atoms with Crippen LogP contribution in [-0.2, 0) is 20.9 Å². The molecule has 3 N–H and O–H groups in total. The number of carbonyl (C=O) groups excluding carboxylic acids is 3. The van der Waals surface area contributed by atoms with Crippen molar-refractivity contribution < 1.29 is 24.2 Å². The van der Waals surface area contributed by atoms with Crippen LogP contribution in [-0.4, -0.2) is 46.1 Å². The Morgan fingerprint density at radius 1 is 0.974 bits per heavy atom. The summed E-state index contributed by atoms with van der Waals surface area (Å²) in [5, 5.41) is 15.6. The minimum atomic E-state index is -0.950. The molecule has 0 fully saturated rings. The van der Waals surface area contributed by atoms with Crippen molar-refractivity contribution in [2.24, 2.45) is 5.92 Å². The van der Waals surface area contributed by atoms with Crippen molar-refractivity contribution in [2.75, 3.05) is 6.54 Å². The first kappa shape index (κ1) is 31.7. The Hall–Kier alpha value is -3.55. The molecule has 0 aliphatic rings. The molecule has 0 aliphatic carbocycles. The van der Waals surface area contributed by atoms with E-state index >= 15 is 0 Å². The highest BCUT2D eigenvalue weighted by Gasteiger charge is 2.36. The standard InChI is InChI=1S/C31H45N3O5/c1-7-8-12-19-34(29(37)26(20-22(2)3)33-30(38)39-31(4,5)6)27(24-15-17-25(35)18-16-24)28(36)32-21-23-13-10-9-11-14-23/h9-11,13-18,22,26-27,35H,7-8,12,19-21H2,1-6H3,(H,32,36)(H,33,38). The number of aromatic hydroxyl groups is 1. The first-order valence-electron chi connectivity index (χ1n) is 13.8. The second kappa shape index (κ2) is 15.1. The van der Waals surface area contributed by atoms with Gasteiger partial charge in [0.25, 0.3) is 0 Å². The molecule has 3 amide bonds. The number of nitrogens with zero attached hydrogens (tertiary/aromatic N) is 1. The Bertz CT molecular complexity index is 1050. The summed E-state index contributed by atoms with van der Waals surface area (Å²) in [4.78, 5) is 42.2. The highest BCUT2D eigenvalue weighted by atomic mass is 16.6. The fraction of sp³-hybridized carbons (Fsp3) is 0.516. The molecule has 39 heavy (non-hydrogen) atoms. The van der Waals surface area contributed by atoms with Gasteiger partial charge >= 0.3 is 6.09 Å². The number of alkyl carbamates (subject to hydrolysis) is 1. The molecular weight excluding hydrogens is 494 g/mol. The van der Waals surface area contributed by atoms with Gasteiger partial charge in [0.05, 0.1) is 0 Å². The maximum atomic E-state index is 14.2. The molecule has 0 radical (unpaired) electrons. The number of benzene rings is 2. The SMILES string of the molecule is CCCCCN(C(=O)C(CC(C)C)NC(=O)OC(C)(C)C)C(C(=O)NCc1ccccc1)c1ccc(O)cc1. The number of phenolic OH excluding ortho intramolecular Hbond substituents is 1. The van der Waals surface area contributed by atoms with E-state index in [0.29, 0.717) is 31.5 Å². The van der Waals surface area contributed by atoms with E-state index in [2.05, 4.69) is 17.6 Å². The molecule has 2 aromatic rings. The van der Waals surface area contributed by atoms with Crippen LogP contribution < -0.4 is 10.6 Å². The normalized spacial score (nSPS) is 12.9. The van der Waals surface area contributed by atoms with Crippen LogP contribution in [0.5, 0.6) is 5.75 Å². The van der Waals surface area contributed by atoms with Crippen LogP contribution in [0, 0.1) is 5.92 Å². The minimum absolute atomic E-state index is 0.0651. The lowest BCUT2D eigenvalue weighted by Gasteiger charge is -2.35. The van der Waals surface area contributed by atoms with Crippen molar-refractivity contribution in [2.45, 2.75) is 91.5 Å². The van der Waals surface area contributed by atoms with Crippen LogP contribution in [0.25, 0.3) is 0 Å². The number of amides is 3. The highest BCUT2D eigenvalue weighted by molar-refractivity contribution is 5.92. The second-order valence-electron chi connectivity index (χ2n) is 11.3. The maximum absolute atomic E-state index is 14.2. The first-order valence-corrected chi connectivity index (χ1v) is 13.8. The summed E-state index contributed by atoms with van der Waals surface area (Å²) in [7, 11) is 0. The van der Waals surface area contributed by atoms with Crippen molar-refractivity contribution in [3.05, 3.63) is 65.7 Å². The van der Waals surface area contributed by atoms with E-state index in [9.17, 15) is 19.5 Å². The summed E-state index contributed by atoms with van der Waals surface area (Å²) in [6, 6.07) is 14.0. The number of carbonyl (C=O) groups is 3. The van der Waals surface area contributed by atoms with E-state index in [1.807, 2.05) is 44.2 Å². The van der Waals surface area contributed by atoms with E-state index in [-0.39, 0.29) is 23.5 Å². The number of phenols is 1. The van der Waals surface area contributed by atoms with Crippen molar-refractivity contribution in [1.29, 1.82) is 0 Å². The summed E-state index contributed by atoms with van der Waals surface area (Å²) in [5.74, 6) is -0.519. The largest absolute Gasteiger partial charge is 0.508 e. The van der Waals surface area contributed by atoms with Gasteiger partial charge in [-0.3, -0.25) is 9.59 Å². The predicted molar refractivity (Wildman–Crippen MR) is 153 cm³/mol. The molecule has 2 unspecified atom stereocenters. The molecule has 0 aliphatic heterocycles. The maximum Gasteiger partial charge on any atom is 0.408 e. The van der Waals surface area contributed by atoms with Crippen LogP contribution in [0.3, 0.4) is 0 Å².